The van der Waals surface area contributed by atoms with Gasteiger partial charge in [0.2, 0.25) is 0 Å². The third kappa shape index (κ3) is 4.24. The number of aryl methyl sites for hydroxylation is 1. The summed E-state index contributed by atoms with van der Waals surface area (Å²) in [7, 11) is 0. The van der Waals surface area contributed by atoms with E-state index in [-0.39, 0.29) is 12.4 Å². The van der Waals surface area contributed by atoms with Crippen LogP contribution >= 0.6 is 0 Å². The molecule has 0 saturated carbocycles. The molecular weight excluding hydrogens is 203 g/mol. The van der Waals surface area contributed by atoms with Gasteiger partial charge in [0.1, 0.15) is 5.82 Å². The summed E-state index contributed by atoms with van der Waals surface area (Å²) in [4.78, 5) is 0. The van der Waals surface area contributed by atoms with Crippen molar-refractivity contribution in [3.05, 3.63) is 65.5 Å². The Hall–Kier alpha value is -1.67. The van der Waals surface area contributed by atoms with Gasteiger partial charge < -0.3 is 5.11 Å². The fraction of sp³-hybridized carbons (Fsp3) is 0.143. The van der Waals surface area contributed by atoms with Crippen LogP contribution in [0.25, 0.3) is 6.08 Å². The van der Waals surface area contributed by atoms with Crippen LogP contribution in [0.2, 0.25) is 0 Å². The van der Waals surface area contributed by atoms with Crippen molar-refractivity contribution in [2.24, 2.45) is 0 Å². The van der Waals surface area contributed by atoms with Crippen LogP contribution in [0.4, 0.5) is 4.39 Å². The van der Waals surface area contributed by atoms with E-state index in [1.807, 2.05) is 24.3 Å². The highest BCUT2D eigenvalue weighted by Crippen LogP contribution is 2.10. The Morgan fingerprint density at radius 3 is 2.62 bits per heavy atom. The molecule has 16 heavy (non-hydrogen) atoms. The van der Waals surface area contributed by atoms with Crippen molar-refractivity contribution >= 4 is 6.08 Å². The van der Waals surface area contributed by atoms with Crippen molar-refractivity contribution in [2.75, 3.05) is 6.61 Å². The lowest BCUT2D eigenvalue weighted by atomic mass is 10.1. The van der Waals surface area contributed by atoms with E-state index >= 15 is 0 Å². The van der Waals surface area contributed by atoms with Gasteiger partial charge >= 0.3 is 0 Å². The second-order valence-corrected chi connectivity index (χ2v) is 3.36. The van der Waals surface area contributed by atoms with Gasteiger partial charge in [0.05, 0.1) is 6.61 Å². The van der Waals surface area contributed by atoms with Crippen molar-refractivity contribution in [2.45, 2.75) is 6.92 Å². The van der Waals surface area contributed by atoms with E-state index in [0.29, 0.717) is 5.56 Å². The van der Waals surface area contributed by atoms with Gasteiger partial charge in [-0.1, -0.05) is 42.5 Å². The number of hydrogen-bond acceptors (Lipinski definition) is 1. The fourth-order valence-corrected chi connectivity index (χ4v) is 1.21. The quantitative estimate of drug-likeness (QED) is 0.769. The van der Waals surface area contributed by atoms with Crippen LogP contribution in [0, 0.1) is 12.7 Å². The summed E-state index contributed by atoms with van der Waals surface area (Å²) in [6.07, 6.45) is 10.9. The van der Waals surface area contributed by atoms with Crippen LogP contribution in [0.5, 0.6) is 0 Å². The molecule has 0 radical (unpaired) electrons. The maximum atomic E-state index is 13.0. The standard InChI is InChI=1S/C14H15FO/c1-12-11-13(8-9-14(12)15)7-5-3-2-4-6-10-16/h2-9,11,16H,10H2,1H3/b3-2+,6-4+,7-5?. The minimum Gasteiger partial charge on any atom is -0.392 e. The molecule has 84 valence electrons. The molecule has 1 aromatic carbocycles. The van der Waals surface area contributed by atoms with Gasteiger partial charge in [-0.05, 0) is 30.2 Å². The summed E-state index contributed by atoms with van der Waals surface area (Å²) in [5, 5.41) is 8.48. The molecule has 0 atom stereocenters. The summed E-state index contributed by atoms with van der Waals surface area (Å²) in [6, 6.07) is 4.99. The van der Waals surface area contributed by atoms with Gasteiger partial charge in [-0.15, -0.1) is 0 Å². The van der Waals surface area contributed by atoms with Crippen LogP contribution < -0.4 is 0 Å². The lowest BCUT2D eigenvalue weighted by molar-refractivity contribution is 0.343. The number of benzene rings is 1. The summed E-state index contributed by atoms with van der Waals surface area (Å²) < 4.78 is 13.0. The van der Waals surface area contributed by atoms with Crippen LogP contribution in [0.3, 0.4) is 0 Å². The summed E-state index contributed by atoms with van der Waals surface area (Å²) in [5.41, 5.74) is 1.61. The largest absolute Gasteiger partial charge is 0.392 e. The van der Waals surface area contributed by atoms with Gasteiger partial charge in [-0.3, -0.25) is 0 Å². The molecule has 0 unspecified atom stereocenters. The van der Waals surface area contributed by atoms with Crippen molar-refractivity contribution in [3.8, 4) is 0 Å². The number of aliphatic hydroxyl groups excluding tert-OH is 1. The van der Waals surface area contributed by atoms with Crippen molar-refractivity contribution < 1.29 is 9.50 Å². The van der Waals surface area contributed by atoms with E-state index < -0.39 is 0 Å². The van der Waals surface area contributed by atoms with Crippen molar-refractivity contribution in [1.82, 2.24) is 0 Å². The van der Waals surface area contributed by atoms with E-state index in [2.05, 4.69) is 0 Å². The molecule has 0 amide bonds. The first-order valence-electron chi connectivity index (χ1n) is 5.11. The minimum absolute atomic E-state index is 0.0468. The molecule has 0 aliphatic heterocycles. The normalized spacial score (nSPS) is 12.2. The molecule has 1 nitrogen and oxygen atoms in total. The molecule has 0 fully saturated rings. The van der Waals surface area contributed by atoms with Gasteiger partial charge in [0.15, 0.2) is 0 Å². The first-order chi connectivity index (χ1) is 7.74. The SMILES string of the molecule is Cc1cc(C=C/C=C/C=C/CO)ccc1F. The highest BCUT2D eigenvalue weighted by Gasteiger charge is 1.94. The van der Waals surface area contributed by atoms with E-state index in [1.54, 1.807) is 31.2 Å². The van der Waals surface area contributed by atoms with Gasteiger partial charge in [-0.25, -0.2) is 4.39 Å². The number of rotatable bonds is 4. The molecule has 0 saturated heterocycles. The average Bonchev–Trinajstić information content (AvgIpc) is 2.28. The molecule has 2 heteroatoms. The lowest BCUT2D eigenvalue weighted by Gasteiger charge is -1.97. The Kier molecular flexibility index (Phi) is 5.23. The summed E-state index contributed by atoms with van der Waals surface area (Å²) in [5.74, 6) is -0.182. The van der Waals surface area contributed by atoms with Crippen LogP contribution in [0.1, 0.15) is 11.1 Å². The smallest absolute Gasteiger partial charge is 0.126 e. The third-order valence-electron chi connectivity index (χ3n) is 2.05. The van der Waals surface area contributed by atoms with Gasteiger partial charge in [0.25, 0.3) is 0 Å². The Bertz CT molecular complexity index is 417. The second-order valence-electron chi connectivity index (χ2n) is 3.36. The zero-order valence-electron chi connectivity index (χ0n) is 9.23. The number of hydrogen-bond donors (Lipinski definition) is 1. The Morgan fingerprint density at radius 1 is 1.19 bits per heavy atom. The Labute approximate surface area is 95.2 Å². The van der Waals surface area contributed by atoms with Gasteiger partial charge in [0, 0.05) is 0 Å². The van der Waals surface area contributed by atoms with Crippen LogP contribution in [0.15, 0.2) is 48.6 Å². The van der Waals surface area contributed by atoms with Crippen molar-refractivity contribution in [1.29, 1.82) is 0 Å². The van der Waals surface area contributed by atoms with Crippen LogP contribution in [-0.2, 0) is 0 Å². The third-order valence-corrected chi connectivity index (χ3v) is 2.05. The predicted molar refractivity (Wildman–Crippen MR) is 65.5 cm³/mol. The van der Waals surface area contributed by atoms with E-state index in [1.165, 1.54) is 6.07 Å². The van der Waals surface area contributed by atoms with Crippen molar-refractivity contribution in [3.63, 3.8) is 0 Å². The Balaban J connectivity index is 2.59. The van der Waals surface area contributed by atoms with Crippen LogP contribution in [-0.4, -0.2) is 11.7 Å². The highest BCUT2D eigenvalue weighted by atomic mass is 19.1. The second kappa shape index (κ2) is 6.75. The first kappa shape index (κ1) is 12.4. The van der Waals surface area contributed by atoms with E-state index in [4.69, 9.17) is 5.11 Å². The zero-order valence-corrected chi connectivity index (χ0v) is 9.23. The average molecular weight is 218 g/mol. The lowest BCUT2D eigenvalue weighted by Crippen LogP contribution is -1.81. The summed E-state index contributed by atoms with van der Waals surface area (Å²) in [6.45, 7) is 1.79. The molecule has 0 aliphatic carbocycles. The first-order valence-corrected chi connectivity index (χ1v) is 5.11. The maximum Gasteiger partial charge on any atom is 0.126 e. The molecule has 0 spiro atoms. The molecule has 1 rings (SSSR count). The summed E-state index contributed by atoms with van der Waals surface area (Å²) >= 11 is 0. The zero-order chi connectivity index (χ0) is 11.8. The maximum absolute atomic E-state index is 13.0. The fourth-order valence-electron chi connectivity index (χ4n) is 1.21. The van der Waals surface area contributed by atoms with E-state index in [0.717, 1.165) is 5.56 Å². The number of halogens is 1. The molecule has 1 aromatic rings. The number of allylic oxidation sites excluding steroid dienone is 4. The molecule has 1 N–H and O–H groups in total. The predicted octanol–water partition coefficient (Wildman–Crippen LogP) is 3.25. The molecule has 0 aromatic heterocycles. The van der Waals surface area contributed by atoms with Gasteiger partial charge in [-0.2, -0.15) is 0 Å². The molecule has 0 bridgehead atoms. The molecule has 0 heterocycles. The number of aliphatic hydroxyl groups is 1. The highest BCUT2D eigenvalue weighted by molar-refractivity contribution is 5.52. The topological polar surface area (TPSA) is 20.2 Å². The molecular formula is C14H15FO. The van der Waals surface area contributed by atoms with E-state index in [9.17, 15) is 4.39 Å². The molecule has 0 aliphatic rings. The monoisotopic (exact) mass is 218 g/mol. The Morgan fingerprint density at radius 2 is 1.94 bits per heavy atom. The minimum atomic E-state index is -0.182.